The highest BCUT2D eigenvalue weighted by Gasteiger charge is 1.99. The van der Waals surface area contributed by atoms with Crippen LogP contribution in [0, 0.1) is 3.57 Å². The third-order valence-corrected chi connectivity index (χ3v) is 2.86. The van der Waals surface area contributed by atoms with E-state index in [4.69, 9.17) is 0 Å². The second kappa shape index (κ2) is 3.46. The van der Waals surface area contributed by atoms with Crippen LogP contribution in [-0.4, -0.2) is 6.29 Å². The fourth-order valence-corrected chi connectivity index (χ4v) is 2.20. The zero-order valence-corrected chi connectivity index (χ0v) is 8.99. The SMILES string of the molecule is O=Cc1cc(I)c2ccccc2c1. The first kappa shape index (κ1) is 8.69. The molecule has 2 rings (SSSR count). The molecule has 2 aromatic rings. The van der Waals surface area contributed by atoms with Crippen LogP contribution >= 0.6 is 22.6 Å². The summed E-state index contributed by atoms with van der Waals surface area (Å²) in [6.45, 7) is 0. The molecule has 0 radical (unpaired) electrons. The van der Waals surface area contributed by atoms with Crippen LogP contribution < -0.4 is 0 Å². The van der Waals surface area contributed by atoms with Crippen molar-refractivity contribution in [3.05, 3.63) is 45.5 Å². The normalized spacial score (nSPS) is 10.2. The second-order valence-electron chi connectivity index (χ2n) is 2.84. The maximum Gasteiger partial charge on any atom is 0.150 e. The van der Waals surface area contributed by atoms with Crippen molar-refractivity contribution in [2.45, 2.75) is 0 Å². The second-order valence-corrected chi connectivity index (χ2v) is 4.00. The average molecular weight is 282 g/mol. The first-order valence-corrected chi connectivity index (χ1v) is 5.02. The molecular formula is C11H7IO. The summed E-state index contributed by atoms with van der Waals surface area (Å²) in [4.78, 5) is 10.6. The number of benzene rings is 2. The molecule has 0 saturated carbocycles. The molecule has 0 aliphatic heterocycles. The molecule has 13 heavy (non-hydrogen) atoms. The molecular weight excluding hydrogens is 275 g/mol. The zero-order valence-electron chi connectivity index (χ0n) is 6.83. The van der Waals surface area contributed by atoms with Gasteiger partial charge in [0.15, 0.2) is 0 Å². The van der Waals surface area contributed by atoms with E-state index in [2.05, 4.69) is 28.7 Å². The van der Waals surface area contributed by atoms with Crippen LogP contribution in [0.25, 0.3) is 10.8 Å². The fraction of sp³-hybridized carbons (Fsp3) is 0. The average Bonchev–Trinajstić information content (AvgIpc) is 2.18. The number of aldehydes is 1. The molecule has 0 amide bonds. The Morgan fingerprint density at radius 3 is 2.69 bits per heavy atom. The fourth-order valence-electron chi connectivity index (χ4n) is 1.35. The Hall–Kier alpha value is -0.900. The Morgan fingerprint density at radius 2 is 1.92 bits per heavy atom. The summed E-state index contributed by atoms with van der Waals surface area (Å²) in [6.07, 6.45) is 0.884. The molecule has 0 spiro atoms. The Morgan fingerprint density at radius 1 is 1.15 bits per heavy atom. The number of rotatable bonds is 1. The molecule has 1 nitrogen and oxygen atoms in total. The number of hydrogen-bond donors (Lipinski definition) is 0. The van der Waals surface area contributed by atoms with E-state index in [0.717, 1.165) is 20.8 Å². The Labute approximate surface area is 89.9 Å². The number of fused-ring (bicyclic) bond motifs is 1. The van der Waals surface area contributed by atoms with E-state index in [-0.39, 0.29) is 0 Å². The first-order chi connectivity index (χ1) is 6.31. The highest BCUT2D eigenvalue weighted by Crippen LogP contribution is 2.21. The van der Waals surface area contributed by atoms with E-state index in [9.17, 15) is 4.79 Å². The lowest BCUT2D eigenvalue weighted by Gasteiger charge is -2.00. The van der Waals surface area contributed by atoms with E-state index in [1.165, 1.54) is 5.39 Å². The highest BCUT2D eigenvalue weighted by atomic mass is 127. The lowest BCUT2D eigenvalue weighted by atomic mass is 10.1. The molecule has 0 N–H and O–H groups in total. The third-order valence-electron chi connectivity index (χ3n) is 1.97. The van der Waals surface area contributed by atoms with Crippen molar-refractivity contribution in [2.75, 3.05) is 0 Å². The van der Waals surface area contributed by atoms with E-state index in [1.54, 1.807) is 0 Å². The maximum absolute atomic E-state index is 10.6. The van der Waals surface area contributed by atoms with Gasteiger partial charge in [0.05, 0.1) is 0 Å². The minimum Gasteiger partial charge on any atom is -0.298 e. The predicted molar refractivity (Wildman–Crippen MR) is 62.1 cm³/mol. The van der Waals surface area contributed by atoms with Crippen LogP contribution in [-0.2, 0) is 0 Å². The van der Waals surface area contributed by atoms with Crippen molar-refractivity contribution in [2.24, 2.45) is 0 Å². The van der Waals surface area contributed by atoms with E-state index in [0.29, 0.717) is 0 Å². The highest BCUT2D eigenvalue weighted by molar-refractivity contribution is 14.1. The van der Waals surface area contributed by atoms with Gasteiger partial charge in [-0.05, 0) is 45.5 Å². The summed E-state index contributed by atoms with van der Waals surface area (Å²) in [5, 5.41) is 2.32. The van der Waals surface area contributed by atoms with Crippen molar-refractivity contribution < 1.29 is 4.79 Å². The van der Waals surface area contributed by atoms with Gasteiger partial charge >= 0.3 is 0 Å². The minimum atomic E-state index is 0.739. The monoisotopic (exact) mass is 282 g/mol. The Balaban J connectivity index is 2.84. The molecule has 0 atom stereocenters. The third kappa shape index (κ3) is 1.58. The standard InChI is InChI=1S/C11H7IO/c12-11-6-8(7-13)5-9-3-1-2-4-10(9)11/h1-7H. The molecule has 0 bridgehead atoms. The molecule has 2 heteroatoms. The zero-order chi connectivity index (χ0) is 9.26. The van der Waals surface area contributed by atoms with Gasteiger partial charge in [-0.3, -0.25) is 4.79 Å². The van der Waals surface area contributed by atoms with Gasteiger partial charge in [0.2, 0.25) is 0 Å². The van der Waals surface area contributed by atoms with Crippen LogP contribution in [0.5, 0.6) is 0 Å². The summed E-state index contributed by atoms with van der Waals surface area (Å²) in [5.41, 5.74) is 0.739. The molecule has 2 aromatic carbocycles. The maximum atomic E-state index is 10.6. The van der Waals surface area contributed by atoms with Crippen LogP contribution in [0.1, 0.15) is 10.4 Å². The Kier molecular flexibility index (Phi) is 2.31. The molecule has 0 saturated heterocycles. The number of carbonyl (C=O) groups is 1. The summed E-state index contributed by atoms with van der Waals surface area (Å²) >= 11 is 2.25. The minimum absolute atomic E-state index is 0.739. The number of hydrogen-bond acceptors (Lipinski definition) is 1. The lowest BCUT2D eigenvalue weighted by Crippen LogP contribution is -1.83. The van der Waals surface area contributed by atoms with Gasteiger partial charge in [-0.25, -0.2) is 0 Å². The van der Waals surface area contributed by atoms with Crippen molar-refractivity contribution in [1.29, 1.82) is 0 Å². The van der Waals surface area contributed by atoms with Gasteiger partial charge in [-0.1, -0.05) is 24.3 Å². The molecule has 64 valence electrons. The lowest BCUT2D eigenvalue weighted by molar-refractivity contribution is 0.112. The number of halogens is 1. The van der Waals surface area contributed by atoms with Crippen LogP contribution in [0.3, 0.4) is 0 Å². The molecule has 0 heterocycles. The largest absolute Gasteiger partial charge is 0.298 e. The van der Waals surface area contributed by atoms with Gasteiger partial charge in [0, 0.05) is 9.13 Å². The van der Waals surface area contributed by atoms with Crippen molar-refractivity contribution >= 4 is 39.6 Å². The van der Waals surface area contributed by atoms with Crippen molar-refractivity contribution in [3.63, 3.8) is 0 Å². The van der Waals surface area contributed by atoms with Crippen LogP contribution in [0.15, 0.2) is 36.4 Å². The van der Waals surface area contributed by atoms with E-state index in [1.807, 2.05) is 30.3 Å². The summed E-state index contributed by atoms with van der Waals surface area (Å²) in [7, 11) is 0. The van der Waals surface area contributed by atoms with Gasteiger partial charge in [0.1, 0.15) is 6.29 Å². The van der Waals surface area contributed by atoms with Crippen molar-refractivity contribution in [3.8, 4) is 0 Å². The first-order valence-electron chi connectivity index (χ1n) is 3.95. The van der Waals surface area contributed by atoms with Gasteiger partial charge in [-0.15, -0.1) is 0 Å². The summed E-state index contributed by atoms with van der Waals surface area (Å²) in [5.74, 6) is 0. The van der Waals surface area contributed by atoms with E-state index < -0.39 is 0 Å². The quantitative estimate of drug-likeness (QED) is 0.579. The molecule has 0 aromatic heterocycles. The van der Waals surface area contributed by atoms with Crippen LogP contribution in [0.2, 0.25) is 0 Å². The Bertz CT molecular complexity index is 463. The summed E-state index contributed by atoms with van der Waals surface area (Å²) < 4.78 is 1.12. The van der Waals surface area contributed by atoms with Crippen LogP contribution in [0.4, 0.5) is 0 Å². The van der Waals surface area contributed by atoms with Gasteiger partial charge < -0.3 is 0 Å². The molecule has 0 aliphatic carbocycles. The van der Waals surface area contributed by atoms with Crippen molar-refractivity contribution in [1.82, 2.24) is 0 Å². The predicted octanol–water partition coefficient (Wildman–Crippen LogP) is 3.26. The smallest absolute Gasteiger partial charge is 0.150 e. The number of carbonyl (C=O) groups excluding carboxylic acids is 1. The molecule has 0 fully saturated rings. The van der Waals surface area contributed by atoms with Gasteiger partial charge in [-0.2, -0.15) is 0 Å². The molecule has 0 unspecified atom stereocenters. The topological polar surface area (TPSA) is 17.1 Å². The van der Waals surface area contributed by atoms with E-state index >= 15 is 0 Å². The van der Waals surface area contributed by atoms with Gasteiger partial charge in [0.25, 0.3) is 0 Å². The summed E-state index contributed by atoms with van der Waals surface area (Å²) in [6, 6.07) is 11.9. The molecule has 0 aliphatic rings.